The number of ether oxygens (including phenoxy) is 1. The molecule has 0 heterocycles. The van der Waals surface area contributed by atoms with E-state index in [2.05, 4.69) is 0 Å². The Morgan fingerprint density at radius 1 is 1.41 bits per heavy atom. The molecule has 0 saturated carbocycles. The summed E-state index contributed by atoms with van der Waals surface area (Å²) in [6.07, 6.45) is 1.04. The number of hydrogen-bond donors (Lipinski definition) is 1. The van der Waals surface area contributed by atoms with Crippen LogP contribution in [-0.4, -0.2) is 25.0 Å². The first-order chi connectivity index (χ1) is 8.17. The van der Waals surface area contributed by atoms with Crippen LogP contribution < -0.4 is 5.73 Å². The van der Waals surface area contributed by atoms with Gasteiger partial charge in [0.05, 0.1) is 11.1 Å². The lowest BCUT2D eigenvalue weighted by Crippen LogP contribution is -2.24. The van der Waals surface area contributed by atoms with E-state index in [1.54, 1.807) is 17.8 Å². The van der Waals surface area contributed by atoms with Gasteiger partial charge >= 0.3 is 0 Å². The first-order valence-corrected chi connectivity index (χ1v) is 7.31. The minimum atomic E-state index is 0.130. The van der Waals surface area contributed by atoms with Crippen molar-refractivity contribution in [2.75, 3.05) is 18.9 Å². The molecule has 0 bridgehead atoms. The van der Waals surface area contributed by atoms with Gasteiger partial charge in [-0.15, -0.1) is 11.8 Å². The van der Waals surface area contributed by atoms with Crippen LogP contribution in [0.1, 0.15) is 13.3 Å². The van der Waals surface area contributed by atoms with E-state index in [9.17, 15) is 0 Å². The molecule has 0 aliphatic carbocycles. The van der Waals surface area contributed by atoms with Gasteiger partial charge in [-0.3, -0.25) is 0 Å². The molecule has 96 valence electrons. The molecule has 2 nitrogen and oxygen atoms in total. The molecule has 1 rings (SSSR count). The van der Waals surface area contributed by atoms with Gasteiger partial charge in [0.15, 0.2) is 0 Å². The van der Waals surface area contributed by atoms with Gasteiger partial charge in [-0.1, -0.05) is 23.2 Å². The molecular weight excluding hydrogens is 277 g/mol. The van der Waals surface area contributed by atoms with Crippen molar-refractivity contribution in [3.8, 4) is 0 Å². The zero-order valence-corrected chi connectivity index (χ0v) is 12.1. The summed E-state index contributed by atoms with van der Waals surface area (Å²) in [5, 5.41) is 1.44. The minimum absolute atomic E-state index is 0.130. The molecule has 0 saturated heterocycles. The summed E-state index contributed by atoms with van der Waals surface area (Å²) in [4.78, 5) is 1.01. The molecule has 17 heavy (non-hydrogen) atoms. The molecule has 0 spiro atoms. The summed E-state index contributed by atoms with van der Waals surface area (Å²) in [6.45, 7) is 3.23. The van der Waals surface area contributed by atoms with E-state index in [-0.39, 0.29) is 6.10 Å². The predicted molar refractivity (Wildman–Crippen MR) is 76.3 cm³/mol. The van der Waals surface area contributed by atoms with Crippen molar-refractivity contribution in [3.63, 3.8) is 0 Å². The fourth-order valence-electron chi connectivity index (χ4n) is 1.39. The summed E-state index contributed by atoms with van der Waals surface area (Å²) in [7, 11) is 0. The van der Waals surface area contributed by atoms with Crippen molar-refractivity contribution in [1.82, 2.24) is 0 Å². The van der Waals surface area contributed by atoms with Crippen LogP contribution in [0, 0.1) is 0 Å². The average Bonchev–Trinajstić information content (AvgIpc) is 2.32. The molecule has 1 aromatic carbocycles. The largest absolute Gasteiger partial charge is 0.377 e. The minimum Gasteiger partial charge on any atom is -0.377 e. The van der Waals surface area contributed by atoms with E-state index in [0.29, 0.717) is 18.2 Å². The van der Waals surface area contributed by atoms with E-state index in [4.69, 9.17) is 33.7 Å². The smallest absolute Gasteiger partial charge is 0.0705 e. The van der Waals surface area contributed by atoms with Gasteiger partial charge in [0, 0.05) is 28.8 Å². The number of nitrogens with two attached hydrogens (primary N) is 1. The Bertz CT molecular complexity index is 349. The maximum atomic E-state index is 6.07. The number of hydrogen-bond acceptors (Lipinski definition) is 3. The lowest BCUT2D eigenvalue weighted by Gasteiger charge is -2.14. The molecule has 1 unspecified atom stereocenters. The highest BCUT2D eigenvalue weighted by atomic mass is 35.5. The van der Waals surface area contributed by atoms with Crippen molar-refractivity contribution in [2.24, 2.45) is 5.73 Å². The summed E-state index contributed by atoms with van der Waals surface area (Å²) < 4.78 is 5.49. The van der Waals surface area contributed by atoms with Crippen molar-refractivity contribution >= 4 is 35.0 Å². The predicted octanol–water partition coefficient (Wildman–Crippen LogP) is 3.84. The monoisotopic (exact) mass is 293 g/mol. The van der Waals surface area contributed by atoms with Crippen LogP contribution in [0.15, 0.2) is 23.1 Å². The van der Waals surface area contributed by atoms with Crippen molar-refractivity contribution in [1.29, 1.82) is 0 Å². The number of halogens is 2. The van der Waals surface area contributed by atoms with Gasteiger partial charge in [-0.2, -0.15) is 0 Å². The molecule has 0 aliphatic rings. The van der Waals surface area contributed by atoms with Crippen molar-refractivity contribution in [2.45, 2.75) is 24.3 Å². The van der Waals surface area contributed by atoms with Gasteiger partial charge in [0.25, 0.3) is 0 Å². The molecule has 0 radical (unpaired) electrons. The van der Waals surface area contributed by atoms with Gasteiger partial charge in [-0.05, 0) is 31.5 Å². The van der Waals surface area contributed by atoms with Crippen LogP contribution in [-0.2, 0) is 4.74 Å². The normalized spacial score (nSPS) is 12.7. The second-order valence-corrected chi connectivity index (χ2v) is 5.51. The Balaban J connectivity index is 2.42. The van der Waals surface area contributed by atoms with Gasteiger partial charge < -0.3 is 10.5 Å². The molecule has 1 aromatic rings. The standard InChI is InChI=1S/C12H17Cl2NOS/c1-2-16-10(8-15)5-6-17-12-7-9(13)3-4-11(12)14/h3-4,7,10H,2,5-6,8,15H2,1H3. The molecule has 0 aliphatic heterocycles. The Kier molecular flexibility index (Phi) is 7.32. The first kappa shape index (κ1) is 15.1. The topological polar surface area (TPSA) is 35.2 Å². The zero-order chi connectivity index (χ0) is 12.7. The van der Waals surface area contributed by atoms with E-state index >= 15 is 0 Å². The second kappa shape index (κ2) is 8.22. The Morgan fingerprint density at radius 3 is 2.82 bits per heavy atom. The van der Waals surface area contributed by atoms with Crippen LogP contribution in [0.3, 0.4) is 0 Å². The van der Waals surface area contributed by atoms with Crippen LogP contribution in [0.4, 0.5) is 0 Å². The van der Waals surface area contributed by atoms with E-state index in [0.717, 1.165) is 22.1 Å². The molecule has 1 atom stereocenters. The Labute approximate surface area is 117 Å². The summed E-state index contributed by atoms with van der Waals surface area (Å²) in [5.74, 6) is 0.919. The van der Waals surface area contributed by atoms with E-state index in [1.807, 2.05) is 19.1 Å². The third kappa shape index (κ3) is 5.49. The Morgan fingerprint density at radius 2 is 2.18 bits per heavy atom. The Hall–Kier alpha value is 0.0700. The van der Waals surface area contributed by atoms with Gasteiger partial charge in [0.2, 0.25) is 0 Å². The van der Waals surface area contributed by atoms with E-state index < -0.39 is 0 Å². The average molecular weight is 294 g/mol. The molecule has 0 aromatic heterocycles. The lowest BCUT2D eigenvalue weighted by molar-refractivity contribution is 0.0674. The molecule has 5 heteroatoms. The van der Waals surface area contributed by atoms with Gasteiger partial charge in [0.1, 0.15) is 0 Å². The third-order valence-corrected chi connectivity index (χ3v) is 4.02. The SMILES string of the molecule is CCOC(CN)CCSc1cc(Cl)ccc1Cl. The number of rotatable bonds is 7. The van der Waals surface area contributed by atoms with Crippen molar-refractivity contribution in [3.05, 3.63) is 28.2 Å². The first-order valence-electron chi connectivity index (χ1n) is 5.57. The molecule has 0 amide bonds. The highest BCUT2D eigenvalue weighted by Crippen LogP contribution is 2.30. The summed E-state index contributed by atoms with van der Waals surface area (Å²) in [5.41, 5.74) is 5.61. The van der Waals surface area contributed by atoms with Crippen LogP contribution in [0.25, 0.3) is 0 Å². The molecular formula is C12H17Cl2NOS. The zero-order valence-electron chi connectivity index (χ0n) is 9.79. The number of thioether (sulfide) groups is 1. The highest BCUT2D eigenvalue weighted by Gasteiger charge is 2.07. The molecule has 2 N–H and O–H groups in total. The van der Waals surface area contributed by atoms with Crippen LogP contribution >= 0.6 is 35.0 Å². The fourth-order valence-corrected chi connectivity index (χ4v) is 2.93. The molecule has 0 fully saturated rings. The number of benzene rings is 1. The van der Waals surface area contributed by atoms with Crippen molar-refractivity contribution < 1.29 is 4.74 Å². The van der Waals surface area contributed by atoms with E-state index in [1.165, 1.54) is 0 Å². The lowest BCUT2D eigenvalue weighted by atomic mass is 10.3. The third-order valence-electron chi connectivity index (χ3n) is 2.26. The van der Waals surface area contributed by atoms with Crippen LogP contribution in [0.5, 0.6) is 0 Å². The maximum Gasteiger partial charge on any atom is 0.0705 e. The van der Waals surface area contributed by atoms with Gasteiger partial charge in [-0.25, -0.2) is 0 Å². The summed E-state index contributed by atoms with van der Waals surface area (Å²) in [6, 6.07) is 5.48. The maximum absolute atomic E-state index is 6.07. The summed E-state index contributed by atoms with van der Waals surface area (Å²) >= 11 is 13.7. The van der Waals surface area contributed by atoms with Crippen LogP contribution in [0.2, 0.25) is 10.0 Å². The fraction of sp³-hybridized carbons (Fsp3) is 0.500. The quantitative estimate of drug-likeness (QED) is 0.776. The second-order valence-electron chi connectivity index (χ2n) is 3.52. The highest BCUT2D eigenvalue weighted by molar-refractivity contribution is 7.99.